The summed E-state index contributed by atoms with van der Waals surface area (Å²) in [7, 11) is 0. The second kappa shape index (κ2) is 5.90. The lowest BCUT2D eigenvalue weighted by atomic mass is 10.1. The van der Waals surface area contributed by atoms with Crippen LogP contribution in [-0.4, -0.2) is 17.9 Å². The molecule has 1 aliphatic carbocycles. The molecular formula is C16H19NO3. The quantitative estimate of drug-likeness (QED) is 0.521. The number of hydrogen-bond acceptors (Lipinski definition) is 3. The van der Waals surface area contributed by atoms with Gasteiger partial charge in [0.2, 0.25) is 5.91 Å². The Morgan fingerprint density at radius 3 is 2.35 bits per heavy atom. The van der Waals surface area contributed by atoms with E-state index in [1.807, 2.05) is 26.0 Å². The van der Waals surface area contributed by atoms with Crippen LogP contribution in [-0.2, 0) is 9.59 Å². The molecule has 0 aliphatic heterocycles. The SMILES string of the molecule is CC(=O)Oc1c(C)cc(/C=C/C(=O)NC2CC2)cc1C. The zero-order chi connectivity index (χ0) is 14.7. The third-order valence-corrected chi connectivity index (χ3v) is 3.08. The number of rotatable bonds is 4. The number of esters is 1. The van der Waals surface area contributed by atoms with Crippen molar-refractivity contribution in [3.05, 3.63) is 34.9 Å². The number of carbonyl (C=O) groups is 2. The van der Waals surface area contributed by atoms with Crippen LogP contribution in [0.25, 0.3) is 6.08 Å². The summed E-state index contributed by atoms with van der Waals surface area (Å²) in [6, 6.07) is 4.15. The normalized spacial score (nSPS) is 14.3. The van der Waals surface area contributed by atoms with Gasteiger partial charge in [0.05, 0.1) is 0 Å². The smallest absolute Gasteiger partial charge is 0.308 e. The molecule has 1 N–H and O–H groups in total. The van der Waals surface area contributed by atoms with E-state index in [4.69, 9.17) is 4.74 Å². The summed E-state index contributed by atoms with van der Waals surface area (Å²) in [5.74, 6) is 0.201. The average molecular weight is 273 g/mol. The van der Waals surface area contributed by atoms with E-state index in [0.29, 0.717) is 11.8 Å². The maximum absolute atomic E-state index is 11.6. The van der Waals surface area contributed by atoms with Crippen LogP contribution in [0.1, 0.15) is 36.5 Å². The van der Waals surface area contributed by atoms with Crippen molar-refractivity contribution in [1.82, 2.24) is 5.32 Å². The molecule has 4 nitrogen and oxygen atoms in total. The first-order chi connectivity index (χ1) is 9.45. The first-order valence-electron chi connectivity index (χ1n) is 6.74. The second-order valence-corrected chi connectivity index (χ2v) is 5.19. The summed E-state index contributed by atoms with van der Waals surface area (Å²) in [6.45, 7) is 5.15. The monoisotopic (exact) mass is 273 g/mol. The zero-order valence-electron chi connectivity index (χ0n) is 12.0. The van der Waals surface area contributed by atoms with Gasteiger partial charge in [-0.15, -0.1) is 0 Å². The number of carbonyl (C=O) groups excluding carboxylic acids is 2. The Balaban J connectivity index is 2.10. The van der Waals surface area contributed by atoms with Crippen molar-refractivity contribution in [2.24, 2.45) is 0 Å². The molecule has 1 amide bonds. The summed E-state index contributed by atoms with van der Waals surface area (Å²) in [5, 5.41) is 2.90. The lowest BCUT2D eigenvalue weighted by Gasteiger charge is -2.10. The summed E-state index contributed by atoms with van der Waals surface area (Å²) in [6.07, 6.45) is 5.47. The van der Waals surface area contributed by atoms with E-state index < -0.39 is 0 Å². The highest BCUT2D eigenvalue weighted by Gasteiger charge is 2.22. The van der Waals surface area contributed by atoms with Crippen LogP contribution < -0.4 is 10.1 Å². The van der Waals surface area contributed by atoms with Crippen LogP contribution in [0.3, 0.4) is 0 Å². The zero-order valence-corrected chi connectivity index (χ0v) is 12.0. The lowest BCUT2D eigenvalue weighted by molar-refractivity contribution is -0.132. The molecule has 4 heteroatoms. The van der Waals surface area contributed by atoms with Crippen LogP contribution in [0.2, 0.25) is 0 Å². The minimum atomic E-state index is -0.330. The van der Waals surface area contributed by atoms with Crippen molar-refractivity contribution in [2.45, 2.75) is 39.7 Å². The van der Waals surface area contributed by atoms with Crippen LogP contribution >= 0.6 is 0 Å². The molecule has 106 valence electrons. The van der Waals surface area contributed by atoms with E-state index >= 15 is 0 Å². The number of benzene rings is 1. The van der Waals surface area contributed by atoms with Gasteiger partial charge in [-0.25, -0.2) is 0 Å². The van der Waals surface area contributed by atoms with Gasteiger partial charge in [-0.3, -0.25) is 9.59 Å². The summed E-state index contributed by atoms with van der Waals surface area (Å²) in [5.41, 5.74) is 2.67. The number of aryl methyl sites for hydroxylation is 2. The van der Waals surface area contributed by atoms with Gasteiger partial charge < -0.3 is 10.1 Å². The molecule has 0 saturated heterocycles. The highest BCUT2D eigenvalue weighted by Crippen LogP contribution is 2.25. The van der Waals surface area contributed by atoms with E-state index in [0.717, 1.165) is 29.5 Å². The average Bonchev–Trinajstić information content (AvgIpc) is 3.15. The molecule has 0 radical (unpaired) electrons. The largest absolute Gasteiger partial charge is 0.426 e. The van der Waals surface area contributed by atoms with E-state index in [9.17, 15) is 9.59 Å². The van der Waals surface area contributed by atoms with Crippen molar-refractivity contribution < 1.29 is 14.3 Å². The van der Waals surface area contributed by atoms with Gasteiger partial charge in [-0.1, -0.05) is 0 Å². The highest BCUT2D eigenvalue weighted by atomic mass is 16.5. The van der Waals surface area contributed by atoms with Crippen LogP contribution in [0.15, 0.2) is 18.2 Å². The highest BCUT2D eigenvalue weighted by molar-refractivity contribution is 5.92. The number of nitrogens with one attached hydrogen (secondary N) is 1. The number of amides is 1. The first-order valence-corrected chi connectivity index (χ1v) is 6.74. The molecule has 1 aliphatic rings. The molecule has 1 saturated carbocycles. The molecule has 0 aromatic heterocycles. The molecule has 0 unspecified atom stereocenters. The minimum Gasteiger partial charge on any atom is -0.426 e. The second-order valence-electron chi connectivity index (χ2n) is 5.19. The standard InChI is InChI=1S/C16H19NO3/c1-10-8-13(4-7-15(19)17-14-5-6-14)9-11(2)16(10)20-12(3)18/h4,7-9,14H,5-6H2,1-3H3,(H,17,19)/b7-4+. The third-order valence-electron chi connectivity index (χ3n) is 3.08. The molecule has 1 aromatic carbocycles. The molecule has 1 fully saturated rings. The molecule has 2 rings (SSSR count). The van der Waals surface area contributed by atoms with Crippen molar-refractivity contribution >= 4 is 18.0 Å². The fourth-order valence-electron chi connectivity index (χ4n) is 2.03. The Morgan fingerprint density at radius 1 is 1.25 bits per heavy atom. The predicted octanol–water partition coefficient (Wildman–Crippen LogP) is 2.52. The van der Waals surface area contributed by atoms with E-state index in [-0.39, 0.29) is 11.9 Å². The third kappa shape index (κ3) is 3.95. The summed E-state index contributed by atoms with van der Waals surface area (Å²) >= 11 is 0. The summed E-state index contributed by atoms with van der Waals surface area (Å²) in [4.78, 5) is 22.6. The van der Waals surface area contributed by atoms with E-state index in [1.165, 1.54) is 13.0 Å². The maximum Gasteiger partial charge on any atom is 0.308 e. The van der Waals surface area contributed by atoms with Gasteiger partial charge in [-0.2, -0.15) is 0 Å². The fourth-order valence-corrected chi connectivity index (χ4v) is 2.03. The Kier molecular flexibility index (Phi) is 4.23. The van der Waals surface area contributed by atoms with Crippen molar-refractivity contribution in [3.8, 4) is 5.75 Å². The van der Waals surface area contributed by atoms with Crippen LogP contribution in [0.5, 0.6) is 5.75 Å². The fraction of sp³-hybridized carbons (Fsp3) is 0.375. The Bertz CT molecular complexity index is 548. The van der Waals surface area contributed by atoms with Gasteiger partial charge >= 0.3 is 5.97 Å². The lowest BCUT2D eigenvalue weighted by Crippen LogP contribution is -2.22. The molecule has 0 bridgehead atoms. The topological polar surface area (TPSA) is 55.4 Å². The van der Waals surface area contributed by atoms with Gasteiger partial charge in [0.25, 0.3) is 0 Å². The van der Waals surface area contributed by atoms with E-state index in [1.54, 1.807) is 6.08 Å². The van der Waals surface area contributed by atoms with Crippen LogP contribution in [0, 0.1) is 13.8 Å². The molecule has 1 aromatic rings. The van der Waals surface area contributed by atoms with Gasteiger partial charge in [0.15, 0.2) is 0 Å². The van der Waals surface area contributed by atoms with Crippen molar-refractivity contribution in [3.63, 3.8) is 0 Å². The Labute approximate surface area is 118 Å². The maximum atomic E-state index is 11.6. The number of hydrogen-bond donors (Lipinski definition) is 1. The Morgan fingerprint density at radius 2 is 1.85 bits per heavy atom. The van der Waals surface area contributed by atoms with Crippen molar-refractivity contribution in [1.29, 1.82) is 0 Å². The molecule has 0 atom stereocenters. The van der Waals surface area contributed by atoms with Crippen molar-refractivity contribution in [2.75, 3.05) is 0 Å². The summed E-state index contributed by atoms with van der Waals surface area (Å²) < 4.78 is 5.17. The molecule has 20 heavy (non-hydrogen) atoms. The number of ether oxygens (including phenoxy) is 1. The van der Waals surface area contributed by atoms with Crippen LogP contribution in [0.4, 0.5) is 0 Å². The van der Waals surface area contributed by atoms with Gasteiger partial charge in [0, 0.05) is 19.0 Å². The molecule has 0 heterocycles. The van der Waals surface area contributed by atoms with E-state index in [2.05, 4.69) is 5.32 Å². The minimum absolute atomic E-state index is 0.0631. The predicted molar refractivity (Wildman–Crippen MR) is 77.4 cm³/mol. The first kappa shape index (κ1) is 14.3. The van der Waals surface area contributed by atoms with Gasteiger partial charge in [0.1, 0.15) is 5.75 Å². The molecule has 0 spiro atoms. The molecular weight excluding hydrogens is 254 g/mol. The van der Waals surface area contributed by atoms with Gasteiger partial charge in [-0.05, 0) is 61.6 Å². The Hall–Kier alpha value is -2.10.